The predicted molar refractivity (Wildman–Crippen MR) is 51.0 cm³/mol. The van der Waals surface area contributed by atoms with Crippen molar-refractivity contribution in [2.75, 3.05) is 12.4 Å². The van der Waals surface area contributed by atoms with Crippen LogP contribution in [0.25, 0.3) is 0 Å². The summed E-state index contributed by atoms with van der Waals surface area (Å²) >= 11 is 0. The van der Waals surface area contributed by atoms with Crippen molar-refractivity contribution in [3.05, 3.63) is 0 Å². The standard InChI is InChI=1S/C8H17NO3S/c1-4-13(10,11)9-7-5-8(2,3)12-6-7/h7,9H,4-6H2,1-3H3. The Morgan fingerprint density at radius 1 is 1.54 bits per heavy atom. The molecule has 0 aromatic rings. The second kappa shape index (κ2) is 3.55. The normalized spacial score (nSPS) is 27.8. The number of rotatable bonds is 3. The molecule has 1 aliphatic rings. The van der Waals surface area contributed by atoms with E-state index in [1.165, 1.54) is 0 Å². The fourth-order valence-electron chi connectivity index (χ4n) is 1.45. The Balaban J connectivity index is 2.50. The molecule has 0 aromatic heterocycles. The number of ether oxygens (including phenoxy) is 1. The minimum atomic E-state index is -3.08. The molecule has 0 spiro atoms. The van der Waals surface area contributed by atoms with E-state index in [4.69, 9.17) is 4.74 Å². The van der Waals surface area contributed by atoms with Crippen LogP contribution in [0.15, 0.2) is 0 Å². The van der Waals surface area contributed by atoms with E-state index in [9.17, 15) is 8.42 Å². The van der Waals surface area contributed by atoms with Crippen molar-refractivity contribution in [2.45, 2.75) is 38.8 Å². The Morgan fingerprint density at radius 2 is 2.15 bits per heavy atom. The van der Waals surface area contributed by atoms with Crippen LogP contribution in [0.4, 0.5) is 0 Å². The summed E-state index contributed by atoms with van der Waals surface area (Å²) in [5, 5.41) is 0. The number of sulfonamides is 1. The summed E-state index contributed by atoms with van der Waals surface area (Å²) < 4.78 is 30.4. The van der Waals surface area contributed by atoms with Gasteiger partial charge in [-0.15, -0.1) is 0 Å². The van der Waals surface area contributed by atoms with E-state index in [0.29, 0.717) is 6.61 Å². The third-order valence-electron chi connectivity index (χ3n) is 2.14. The molecule has 1 N–H and O–H groups in total. The molecular weight excluding hydrogens is 190 g/mol. The van der Waals surface area contributed by atoms with E-state index in [1.54, 1.807) is 6.92 Å². The third-order valence-corrected chi connectivity index (χ3v) is 3.59. The van der Waals surface area contributed by atoms with Crippen molar-refractivity contribution in [1.82, 2.24) is 4.72 Å². The van der Waals surface area contributed by atoms with Crippen LogP contribution in [0.5, 0.6) is 0 Å². The second-order valence-electron chi connectivity index (χ2n) is 3.99. The molecule has 0 aliphatic carbocycles. The molecule has 5 heteroatoms. The molecule has 1 aliphatic heterocycles. The fraction of sp³-hybridized carbons (Fsp3) is 1.00. The molecule has 1 unspecified atom stereocenters. The van der Waals surface area contributed by atoms with Crippen molar-refractivity contribution < 1.29 is 13.2 Å². The third kappa shape index (κ3) is 3.25. The zero-order valence-electron chi connectivity index (χ0n) is 8.33. The Labute approximate surface area is 79.7 Å². The molecule has 0 radical (unpaired) electrons. The molecule has 1 rings (SSSR count). The first-order valence-electron chi connectivity index (χ1n) is 4.48. The summed E-state index contributed by atoms with van der Waals surface area (Å²) in [4.78, 5) is 0. The Bertz CT molecular complexity index is 271. The highest BCUT2D eigenvalue weighted by atomic mass is 32.2. The van der Waals surface area contributed by atoms with Crippen LogP contribution >= 0.6 is 0 Å². The van der Waals surface area contributed by atoms with Gasteiger partial charge in [-0.25, -0.2) is 13.1 Å². The smallest absolute Gasteiger partial charge is 0.211 e. The van der Waals surface area contributed by atoms with Crippen molar-refractivity contribution in [3.8, 4) is 0 Å². The molecule has 0 saturated carbocycles. The largest absolute Gasteiger partial charge is 0.374 e. The van der Waals surface area contributed by atoms with E-state index in [-0.39, 0.29) is 17.4 Å². The summed E-state index contributed by atoms with van der Waals surface area (Å²) in [5.74, 6) is 0.129. The quantitative estimate of drug-likeness (QED) is 0.733. The summed E-state index contributed by atoms with van der Waals surface area (Å²) in [5.41, 5.74) is -0.194. The average Bonchev–Trinajstić information content (AvgIpc) is 2.29. The fourth-order valence-corrected chi connectivity index (χ4v) is 2.28. The molecule has 1 atom stereocenters. The van der Waals surface area contributed by atoms with E-state index in [0.717, 1.165) is 6.42 Å². The van der Waals surface area contributed by atoms with Crippen molar-refractivity contribution in [3.63, 3.8) is 0 Å². The highest BCUT2D eigenvalue weighted by Crippen LogP contribution is 2.24. The lowest BCUT2D eigenvalue weighted by molar-refractivity contribution is 0.0359. The van der Waals surface area contributed by atoms with Gasteiger partial charge in [-0.2, -0.15) is 0 Å². The SMILES string of the molecule is CCS(=O)(=O)NC1COC(C)(C)C1. The van der Waals surface area contributed by atoms with Crippen LogP contribution in [0, 0.1) is 0 Å². The van der Waals surface area contributed by atoms with Gasteiger partial charge in [0.25, 0.3) is 0 Å². The molecule has 1 heterocycles. The Kier molecular flexibility index (Phi) is 2.99. The summed E-state index contributed by atoms with van der Waals surface area (Å²) in [7, 11) is -3.08. The van der Waals surface area contributed by atoms with E-state index >= 15 is 0 Å². The van der Waals surface area contributed by atoms with Crippen LogP contribution in [0.3, 0.4) is 0 Å². The molecule has 78 valence electrons. The maximum absolute atomic E-state index is 11.2. The minimum absolute atomic E-state index is 0.0556. The molecule has 13 heavy (non-hydrogen) atoms. The topological polar surface area (TPSA) is 55.4 Å². The number of hydrogen-bond donors (Lipinski definition) is 1. The van der Waals surface area contributed by atoms with Gasteiger partial charge in [0.05, 0.1) is 18.0 Å². The van der Waals surface area contributed by atoms with E-state index in [2.05, 4.69) is 4.72 Å². The Hall–Kier alpha value is -0.130. The van der Waals surface area contributed by atoms with Gasteiger partial charge in [0.15, 0.2) is 0 Å². The molecule has 0 aromatic carbocycles. The van der Waals surface area contributed by atoms with E-state index < -0.39 is 10.0 Å². The maximum atomic E-state index is 11.2. The van der Waals surface area contributed by atoms with Crippen molar-refractivity contribution >= 4 is 10.0 Å². The van der Waals surface area contributed by atoms with Gasteiger partial charge in [0.2, 0.25) is 10.0 Å². The molecular formula is C8H17NO3S. The summed E-state index contributed by atoms with van der Waals surface area (Å²) in [6.07, 6.45) is 0.742. The van der Waals surface area contributed by atoms with Crippen LogP contribution in [-0.4, -0.2) is 32.4 Å². The van der Waals surface area contributed by atoms with Gasteiger partial charge in [-0.3, -0.25) is 0 Å². The van der Waals surface area contributed by atoms with Gasteiger partial charge in [-0.05, 0) is 27.2 Å². The van der Waals surface area contributed by atoms with Crippen molar-refractivity contribution in [1.29, 1.82) is 0 Å². The Morgan fingerprint density at radius 3 is 2.54 bits per heavy atom. The zero-order chi connectivity index (χ0) is 10.1. The van der Waals surface area contributed by atoms with Crippen molar-refractivity contribution in [2.24, 2.45) is 0 Å². The highest BCUT2D eigenvalue weighted by Gasteiger charge is 2.33. The zero-order valence-corrected chi connectivity index (χ0v) is 9.15. The lowest BCUT2D eigenvalue weighted by Crippen LogP contribution is -2.36. The minimum Gasteiger partial charge on any atom is -0.374 e. The van der Waals surface area contributed by atoms with Crippen LogP contribution in [-0.2, 0) is 14.8 Å². The highest BCUT2D eigenvalue weighted by molar-refractivity contribution is 7.89. The average molecular weight is 207 g/mol. The van der Waals surface area contributed by atoms with Gasteiger partial charge < -0.3 is 4.74 Å². The maximum Gasteiger partial charge on any atom is 0.211 e. The van der Waals surface area contributed by atoms with Crippen LogP contribution < -0.4 is 4.72 Å². The molecule has 1 fully saturated rings. The monoisotopic (exact) mass is 207 g/mol. The lowest BCUT2D eigenvalue weighted by Gasteiger charge is -2.15. The van der Waals surface area contributed by atoms with Crippen LogP contribution in [0.2, 0.25) is 0 Å². The first-order chi connectivity index (χ1) is 5.85. The summed E-state index contributed by atoms with van der Waals surface area (Å²) in [6.45, 7) is 6.04. The van der Waals surface area contributed by atoms with Crippen LogP contribution in [0.1, 0.15) is 27.2 Å². The molecule has 1 saturated heterocycles. The first-order valence-corrected chi connectivity index (χ1v) is 6.14. The van der Waals surface area contributed by atoms with E-state index in [1.807, 2.05) is 13.8 Å². The molecule has 0 bridgehead atoms. The first kappa shape index (κ1) is 10.9. The summed E-state index contributed by atoms with van der Waals surface area (Å²) in [6, 6.07) is -0.0556. The second-order valence-corrected chi connectivity index (χ2v) is 6.04. The van der Waals surface area contributed by atoms with Gasteiger partial charge in [0, 0.05) is 6.04 Å². The van der Waals surface area contributed by atoms with Gasteiger partial charge >= 0.3 is 0 Å². The van der Waals surface area contributed by atoms with Gasteiger partial charge in [-0.1, -0.05) is 0 Å². The molecule has 4 nitrogen and oxygen atoms in total. The lowest BCUT2D eigenvalue weighted by atomic mass is 10.0. The number of nitrogens with one attached hydrogen (secondary N) is 1. The van der Waals surface area contributed by atoms with Gasteiger partial charge in [0.1, 0.15) is 0 Å². The predicted octanol–water partition coefficient (Wildman–Crippen LogP) is 0.493. The molecule has 0 amide bonds. The number of hydrogen-bond acceptors (Lipinski definition) is 3.